The molecule has 0 spiro atoms. The second kappa shape index (κ2) is 5.12. The monoisotopic (exact) mass is 369 g/mol. The normalized spacial score (nSPS) is 10.3. The summed E-state index contributed by atoms with van der Waals surface area (Å²) in [5, 5.41) is 26.9. The van der Waals surface area contributed by atoms with Crippen molar-refractivity contribution in [2.24, 2.45) is 0 Å². The lowest BCUT2D eigenvalue weighted by atomic mass is 10.0. The predicted octanol–water partition coefficient (Wildman–Crippen LogP) is 4.04. The topological polar surface area (TPSA) is 64.3 Å². The van der Waals surface area contributed by atoms with Crippen LogP contribution in [0.1, 0.15) is 11.1 Å². The van der Waals surface area contributed by atoms with Gasteiger partial charge >= 0.3 is 0 Å². The van der Waals surface area contributed by atoms with Crippen LogP contribution in [-0.4, -0.2) is 15.9 Å². The van der Waals surface area contributed by atoms with Gasteiger partial charge in [0.05, 0.1) is 5.71 Å². The van der Waals surface area contributed by atoms with E-state index in [1.165, 1.54) is 18.2 Å². The molecule has 0 bridgehead atoms. The Labute approximate surface area is 121 Å². The molecule has 0 aliphatic carbocycles. The van der Waals surface area contributed by atoms with Crippen LogP contribution in [0.5, 0.6) is 11.5 Å². The highest BCUT2D eigenvalue weighted by Crippen LogP contribution is 2.25. The van der Waals surface area contributed by atoms with Crippen LogP contribution in [0.3, 0.4) is 0 Å². The summed E-state index contributed by atoms with van der Waals surface area (Å²) in [6.07, 6.45) is 0. The first-order valence-corrected chi connectivity index (χ1v) is 6.63. The van der Waals surface area contributed by atoms with Crippen molar-refractivity contribution in [2.75, 3.05) is 0 Å². The van der Waals surface area contributed by atoms with Crippen molar-refractivity contribution in [1.29, 1.82) is 5.41 Å². The summed E-state index contributed by atoms with van der Waals surface area (Å²) in [4.78, 5) is 0. The molecule has 0 aliphatic heterocycles. The lowest BCUT2D eigenvalue weighted by Gasteiger charge is -2.07. The molecule has 0 radical (unpaired) electrons. The number of benzene rings is 2. The van der Waals surface area contributed by atoms with Gasteiger partial charge in [0, 0.05) is 26.1 Å². The Morgan fingerprint density at radius 1 is 0.778 bits per heavy atom. The molecule has 0 atom stereocenters. The first-order valence-electron chi connectivity index (χ1n) is 5.04. The van der Waals surface area contributed by atoms with Crippen LogP contribution < -0.4 is 0 Å². The summed E-state index contributed by atoms with van der Waals surface area (Å²) in [6.45, 7) is 0. The Balaban J connectivity index is 2.47. The largest absolute Gasteiger partial charge is 0.508 e. The second-order valence-electron chi connectivity index (χ2n) is 3.77. The summed E-state index contributed by atoms with van der Waals surface area (Å²) in [5.41, 5.74) is 1.36. The number of aromatic hydroxyl groups is 2. The molecule has 0 aromatic heterocycles. The molecule has 5 heteroatoms. The van der Waals surface area contributed by atoms with Gasteiger partial charge in [0.1, 0.15) is 11.5 Å². The van der Waals surface area contributed by atoms with Crippen LogP contribution in [0.15, 0.2) is 45.3 Å². The molecule has 0 fully saturated rings. The number of halogens is 2. The van der Waals surface area contributed by atoms with Gasteiger partial charge in [-0.25, -0.2) is 0 Å². The molecular weight excluding hydrogens is 362 g/mol. The highest BCUT2D eigenvalue weighted by molar-refractivity contribution is 9.11. The Bertz CT molecular complexity index is 532. The Kier molecular flexibility index (Phi) is 3.73. The van der Waals surface area contributed by atoms with Gasteiger partial charge in [-0.05, 0) is 30.3 Å². The van der Waals surface area contributed by atoms with Crippen molar-refractivity contribution >= 4 is 37.6 Å². The summed E-state index contributed by atoms with van der Waals surface area (Å²) in [5.74, 6) is -0.132. The van der Waals surface area contributed by atoms with Crippen LogP contribution in [0, 0.1) is 5.41 Å². The molecule has 2 rings (SSSR count). The fourth-order valence-electron chi connectivity index (χ4n) is 1.60. The molecule has 0 unspecified atom stereocenters. The lowest BCUT2D eigenvalue weighted by molar-refractivity contribution is 0.450. The quantitative estimate of drug-likeness (QED) is 0.698. The predicted molar refractivity (Wildman–Crippen MR) is 77.5 cm³/mol. The van der Waals surface area contributed by atoms with Crippen LogP contribution in [0.4, 0.5) is 0 Å². The maximum Gasteiger partial charge on any atom is 0.119 e. The third-order valence-electron chi connectivity index (χ3n) is 2.34. The molecule has 92 valence electrons. The number of phenols is 2. The SMILES string of the molecule is N=C(c1cc(O)cc(O)c1)c1cc(Br)cc(Br)c1. The van der Waals surface area contributed by atoms with Gasteiger partial charge in [0.2, 0.25) is 0 Å². The van der Waals surface area contributed by atoms with E-state index < -0.39 is 0 Å². The van der Waals surface area contributed by atoms with Crippen LogP contribution in [0.25, 0.3) is 0 Å². The number of nitrogens with one attached hydrogen (secondary N) is 1. The van der Waals surface area contributed by atoms with E-state index in [2.05, 4.69) is 31.9 Å². The zero-order valence-electron chi connectivity index (χ0n) is 9.11. The molecule has 2 aromatic rings. The molecule has 18 heavy (non-hydrogen) atoms. The molecule has 3 nitrogen and oxygen atoms in total. The molecule has 2 aromatic carbocycles. The average Bonchev–Trinajstić information content (AvgIpc) is 2.25. The minimum absolute atomic E-state index is 0.0659. The molecule has 0 heterocycles. The highest BCUT2D eigenvalue weighted by atomic mass is 79.9. The van der Waals surface area contributed by atoms with Gasteiger partial charge in [-0.2, -0.15) is 0 Å². The van der Waals surface area contributed by atoms with E-state index in [-0.39, 0.29) is 17.2 Å². The Morgan fingerprint density at radius 2 is 1.22 bits per heavy atom. The zero-order chi connectivity index (χ0) is 13.3. The third kappa shape index (κ3) is 2.91. The van der Waals surface area contributed by atoms with E-state index in [0.717, 1.165) is 8.95 Å². The van der Waals surface area contributed by atoms with Crippen molar-refractivity contribution < 1.29 is 10.2 Å². The van der Waals surface area contributed by atoms with E-state index in [1.807, 2.05) is 6.07 Å². The summed E-state index contributed by atoms with van der Waals surface area (Å²) in [7, 11) is 0. The molecule has 0 saturated carbocycles. The Morgan fingerprint density at radius 3 is 1.72 bits per heavy atom. The number of rotatable bonds is 2. The maximum atomic E-state index is 9.42. The molecular formula is C13H9Br2NO2. The van der Waals surface area contributed by atoms with Crippen molar-refractivity contribution in [3.63, 3.8) is 0 Å². The van der Waals surface area contributed by atoms with Crippen molar-refractivity contribution in [3.05, 3.63) is 56.5 Å². The standard InChI is InChI=1S/C13H9Br2NO2/c14-9-1-7(2-10(15)5-9)13(16)8-3-11(17)6-12(18)4-8/h1-6,16-18H. The van der Waals surface area contributed by atoms with Gasteiger partial charge in [-0.1, -0.05) is 31.9 Å². The lowest BCUT2D eigenvalue weighted by Crippen LogP contribution is -2.01. The van der Waals surface area contributed by atoms with Crippen LogP contribution in [-0.2, 0) is 0 Å². The minimum atomic E-state index is -0.0659. The maximum absolute atomic E-state index is 9.42. The summed E-state index contributed by atoms with van der Waals surface area (Å²) >= 11 is 6.71. The average molecular weight is 371 g/mol. The van der Waals surface area contributed by atoms with E-state index in [4.69, 9.17) is 5.41 Å². The zero-order valence-corrected chi connectivity index (χ0v) is 12.3. The summed E-state index contributed by atoms with van der Waals surface area (Å²) in [6, 6.07) is 9.58. The smallest absolute Gasteiger partial charge is 0.119 e. The number of phenolic OH excluding ortho intramolecular Hbond substituents is 2. The van der Waals surface area contributed by atoms with E-state index in [9.17, 15) is 10.2 Å². The second-order valence-corrected chi connectivity index (χ2v) is 5.60. The molecule has 0 saturated heterocycles. The van der Waals surface area contributed by atoms with Crippen molar-refractivity contribution in [1.82, 2.24) is 0 Å². The van der Waals surface area contributed by atoms with Crippen LogP contribution in [0.2, 0.25) is 0 Å². The fourth-order valence-corrected chi connectivity index (χ4v) is 2.90. The first-order chi connectivity index (χ1) is 8.45. The molecule has 3 N–H and O–H groups in total. The van der Waals surface area contributed by atoms with Crippen LogP contribution >= 0.6 is 31.9 Å². The van der Waals surface area contributed by atoms with Gasteiger partial charge < -0.3 is 10.2 Å². The Hall–Kier alpha value is -1.33. The van der Waals surface area contributed by atoms with E-state index in [0.29, 0.717) is 11.1 Å². The van der Waals surface area contributed by atoms with Gasteiger partial charge in [-0.15, -0.1) is 0 Å². The first kappa shape index (κ1) is 13.1. The number of hydrogen-bond acceptors (Lipinski definition) is 3. The van der Waals surface area contributed by atoms with E-state index in [1.54, 1.807) is 12.1 Å². The van der Waals surface area contributed by atoms with Gasteiger partial charge in [0.15, 0.2) is 0 Å². The minimum Gasteiger partial charge on any atom is -0.508 e. The molecule has 0 aliphatic rings. The van der Waals surface area contributed by atoms with E-state index >= 15 is 0 Å². The van der Waals surface area contributed by atoms with Crippen molar-refractivity contribution in [2.45, 2.75) is 0 Å². The van der Waals surface area contributed by atoms with Crippen molar-refractivity contribution in [3.8, 4) is 11.5 Å². The molecule has 0 amide bonds. The highest BCUT2D eigenvalue weighted by Gasteiger charge is 2.09. The van der Waals surface area contributed by atoms with Gasteiger partial charge in [0.25, 0.3) is 0 Å². The third-order valence-corrected chi connectivity index (χ3v) is 3.26. The number of hydrogen-bond donors (Lipinski definition) is 3. The summed E-state index contributed by atoms with van der Waals surface area (Å²) < 4.78 is 1.70. The van der Waals surface area contributed by atoms with Gasteiger partial charge in [-0.3, -0.25) is 5.41 Å². The fraction of sp³-hybridized carbons (Fsp3) is 0.